The summed E-state index contributed by atoms with van der Waals surface area (Å²) in [5.41, 5.74) is 0. The first-order chi connectivity index (χ1) is 8.09. The number of aryl methyl sites for hydroxylation is 1. The van der Waals surface area contributed by atoms with Crippen LogP contribution in [0.2, 0.25) is 0 Å². The van der Waals surface area contributed by atoms with E-state index in [-0.39, 0.29) is 17.9 Å². The summed E-state index contributed by atoms with van der Waals surface area (Å²) < 4.78 is 1.94. The summed E-state index contributed by atoms with van der Waals surface area (Å²) >= 11 is 0. The molecule has 17 heavy (non-hydrogen) atoms. The first-order valence-electron chi connectivity index (χ1n) is 6.04. The van der Waals surface area contributed by atoms with Gasteiger partial charge in [0.25, 0.3) is 0 Å². The van der Waals surface area contributed by atoms with E-state index in [1.807, 2.05) is 24.9 Å². The van der Waals surface area contributed by atoms with E-state index in [0.717, 1.165) is 18.8 Å². The van der Waals surface area contributed by atoms with Crippen molar-refractivity contribution >= 4 is 5.91 Å². The lowest BCUT2D eigenvalue weighted by atomic mass is 10.0. The number of hydrogen-bond acceptors (Lipinski definition) is 3. The Morgan fingerprint density at radius 2 is 2.47 bits per heavy atom. The third kappa shape index (κ3) is 2.49. The Labute approximate surface area is 102 Å². The minimum Gasteiger partial charge on any atom is -0.338 e. The van der Waals surface area contributed by atoms with E-state index in [1.165, 1.54) is 0 Å². The predicted molar refractivity (Wildman–Crippen MR) is 65.3 cm³/mol. The molecule has 0 radical (unpaired) electrons. The Bertz CT molecular complexity index is 401. The predicted octanol–water partition coefficient (Wildman–Crippen LogP) is 0.376. The van der Waals surface area contributed by atoms with Gasteiger partial charge in [-0.15, -0.1) is 0 Å². The standard InChI is InChI=1S/C12H20N4O/c1-9-10(4-5-13-9)12(17)16(3)8-11-14-6-7-15(11)2/h6-7,9-10,13H,4-5,8H2,1-3H3. The van der Waals surface area contributed by atoms with E-state index < -0.39 is 0 Å². The van der Waals surface area contributed by atoms with Crippen LogP contribution in [0.5, 0.6) is 0 Å². The van der Waals surface area contributed by atoms with Crippen LogP contribution in [0.4, 0.5) is 0 Å². The average molecular weight is 236 g/mol. The lowest BCUT2D eigenvalue weighted by molar-refractivity contribution is -0.135. The molecule has 2 rings (SSSR count). The maximum absolute atomic E-state index is 12.2. The number of carbonyl (C=O) groups excluding carboxylic acids is 1. The first-order valence-corrected chi connectivity index (χ1v) is 6.04. The van der Waals surface area contributed by atoms with Crippen molar-refractivity contribution in [3.05, 3.63) is 18.2 Å². The number of rotatable bonds is 3. The summed E-state index contributed by atoms with van der Waals surface area (Å²) in [6.45, 7) is 3.59. The fourth-order valence-corrected chi connectivity index (χ4v) is 2.32. The highest BCUT2D eigenvalue weighted by Gasteiger charge is 2.31. The summed E-state index contributed by atoms with van der Waals surface area (Å²) in [4.78, 5) is 18.3. The second-order valence-corrected chi connectivity index (χ2v) is 4.79. The molecule has 1 aliphatic rings. The van der Waals surface area contributed by atoms with Gasteiger partial charge in [-0.3, -0.25) is 4.79 Å². The second-order valence-electron chi connectivity index (χ2n) is 4.79. The molecule has 1 fully saturated rings. The Balaban J connectivity index is 1.98. The zero-order valence-electron chi connectivity index (χ0n) is 10.7. The van der Waals surface area contributed by atoms with Gasteiger partial charge in [-0.1, -0.05) is 0 Å². The minimum atomic E-state index is 0.111. The molecule has 94 valence electrons. The Morgan fingerprint density at radius 3 is 3.00 bits per heavy atom. The van der Waals surface area contributed by atoms with Gasteiger partial charge in [0.1, 0.15) is 5.82 Å². The minimum absolute atomic E-state index is 0.111. The molecule has 0 aliphatic carbocycles. The second kappa shape index (κ2) is 4.87. The fraction of sp³-hybridized carbons (Fsp3) is 0.667. The third-order valence-electron chi connectivity index (χ3n) is 3.52. The van der Waals surface area contributed by atoms with Crippen molar-refractivity contribution in [1.29, 1.82) is 0 Å². The topological polar surface area (TPSA) is 50.2 Å². The molecule has 5 heteroatoms. The number of nitrogens with one attached hydrogen (secondary N) is 1. The fourth-order valence-electron chi connectivity index (χ4n) is 2.32. The molecule has 0 bridgehead atoms. The van der Waals surface area contributed by atoms with Gasteiger partial charge < -0.3 is 14.8 Å². The summed E-state index contributed by atoms with van der Waals surface area (Å²) in [5, 5.41) is 3.31. The molecular weight excluding hydrogens is 216 g/mol. The zero-order valence-corrected chi connectivity index (χ0v) is 10.7. The van der Waals surface area contributed by atoms with Crippen LogP contribution in [0.25, 0.3) is 0 Å². The lowest BCUT2D eigenvalue weighted by Gasteiger charge is -2.22. The van der Waals surface area contributed by atoms with Crippen LogP contribution in [0, 0.1) is 5.92 Å². The molecule has 2 atom stereocenters. The normalized spacial score (nSPS) is 23.9. The van der Waals surface area contributed by atoms with E-state index in [0.29, 0.717) is 6.54 Å². The van der Waals surface area contributed by atoms with Crippen molar-refractivity contribution in [2.75, 3.05) is 13.6 Å². The third-order valence-corrected chi connectivity index (χ3v) is 3.52. The maximum Gasteiger partial charge on any atom is 0.227 e. The van der Waals surface area contributed by atoms with E-state index in [9.17, 15) is 4.79 Å². The molecule has 0 saturated carbocycles. The van der Waals surface area contributed by atoms with Crippen LogP contribution in [0.15, 0.2) is 12.4 Å². The monoisotopic (exact) mass is 236 g/mol. The van der Waals surface area contributed by atoms with Crippen molar-refractivity contribution in [3.8, 4) is 0 Å². The van der Waals surface area contributed by atoms with E-state index >= 15 is 0 Å². The molecule has 0 spiro atoms. The molecule has 2 unspecified atom stereocenters. The SMILES string of the molecule is CC1NCCC1C(=O)N(C)Cc1nccn1C. The van der Waals surface area contributed by atoms with Crippen molar-refractivity contribution in [1.82, 2.24) is 19.8 Å². The van der Waals surface area contributed by atoms with Gasteiger partial charge in [0, 0.05) is 32.5 Å². The average Bonchev–Trinajstić information content (AvgIpc) is 2.88. The van der Waals surface area contributed by atoms with Gasteiger partial charge in [-0.25, -0.2) is 4.98 Å². The van der Waals surface area contributed by atoms with Crippen LogP contribution < -0.4 is 5.32 Å². The van der Waals surface area contributed by atoms with Gasteiger partial charge >= 0.3 is 0 Å². The molecule has 1 aromatic rings. The van der Waals surface area contributed by atoms with Gasteiger partial charge in [-0.2, -0.15) is 0 Å². The van der Waals surface area contributed by atoms with Crippen LogP contribution in [0.3, 0.4) is 0 Å². The van der Waals surface area contributed by atoms with Crippen molar-refractivity contribution in [3.63, 3.8) is 0 Å². The molecule has 2 heterocycles. The summed E-state index contributed by atoms with van der Waals surface area (Å²) in [7, 11) is 3.79. The number of hydrogen-bond donors (Lipinski definition) is 1. The van der Waals surface area contributed by atoms with E-state index in [1.54, 1.807) is 11.1 Å². The van der Waals surface area contributed by atoms with Crippen LogP contribution in [-0.2, 0) is 18.4 Å². The van der Waals surface area contributed by atoms with Gasteiger partial charge in [0.2, 0.25) is 5.91 Å². The molecule has 5 nitrogen and oxygen atoms in total. The molecule has 1 aromatic heterocycles. The van der Waals surface area contributed by atoms with Gasteiger partial charge in [0.15, 0.2) is 0 Å². The van der Waals surface area contributed by atoms with Crippen LogP contribution in [0.1, 0.15) is 19.2 Å². The van der Waals surface area contributed by atoms with Crippen molar-refractivity contribution in [2.24, 2.45) is 13.0 Å². The zero-order chi connectivity index (χ0) is 12.4. The summed E-state index contributed by atoms with van der Waals surface area (Å²) in [6, 6.07) is 0.284. The Kier molecular flexibility index (Phi) is 3.47. The van der Waals surface area contributed by atoms with Gasteiger partial charge in [0.05, 0.1) is 12.5 Å². The highest BCUT2D eigenvalue weighted by atomic mass is 16.2. The maximum atomic E-state index is 12.2. The quantitative estimate of drug-likeness (QED) is 0.825. The molecule has 1 amide bonds. The van der Waals surface area contributed by atoms with Crippen molar-refractivity contribution < 1.29 is 4.79 Å². The smallest absolute Gasteiger partial charge is 0.227 e. The lowest BCUT2D eigenvalue weighted by Crippen LogP contribution is -2.38. The van der Waals surface area contributed by atoms with E-state index in [2.05, 4.69) is 17.2 Å². The number of aromatic nitrogens is 2. The number of amides is 1. The van der Waals surface area contributed by atoms with Gasteiger partial charge in [-0.05, 0) is 19.9 Å². The molecule has 1 N–H and O–H groups in total. The first kappa shape index (κ1) is 12.1. The Hall–Kier alpha value is -1.36. The Morgan fingerprint density at radius 1 is 1.71 bits per heavy atom. The van der Waals surface area contributed by atoms with Crippen molar-refractivity contribution in [2.45, 2.75) is 25.9 Å². The molecular formula is C12H20N4O. The number of imidazole rings is 1. The number of carbonyl (C=O) groups is 1. The largest absolute Gasteiger partial charge is 0.338 e. The summed E-state index contributed by atoms with van der Waals surface area (Å²) in [6.07, 6.45) is 4.59. The molecule has 1 saturated heterocycles. The molecule has 1 aliphatic heterocycles. The highest BCUT2D eigenvalue weighted by molar-refractivity contribution is 5.79. The molecule has 0 aromatic carbocycles. The van der Waals surface area contributed by atoms with E-state index in [4.69, 9.17) is 0 Å². The van der Waals surface area contributed by atoms with Crippen LogP contribution >= 0.6 is 0 Å². The summed E-state index contributed by atoms with van der Waals surface area (Å²) in [5.74, 6) is 1.24. The number of nitrogens with zero attached hydrogens (tertiary/aromatic N) is 3. The highest BCUT2D eigenvalue weighted by Crippen LogP contribution is 2.18. The van der Waals surface area contributed by atoms with Crippen LogP contribution in [-0.4, -0.2) is 40.0 Å².